The fraction of sp³-hybridized carbons (Fsp3) is 0.320. The van der Waals surface area contributed by atoms with Crippen molar-refractivity contribution >= 4 is 40.9 Å². The zero-order chi connectivity index (χ0) is 23.3. The lowest BCUT2D eigenvalue weighted by Gasteiger charge is -2.39. The quantitative estimate of drug-likeness (QED) is 0.513. The molecule has 0 amide bonds. The van der Waals surface area contributed by atoms with E-state index in [1.165, 1.54) is 6.21 Å². The fourth-order valence-electron chi connectivity index (χ4n) is 4.61. The Labute approximate surface area is 196 Å². The van der Waals surface area contributed by atoms with Crippen LogP contribution in [0, 0.1) is 12.7 Å². The van der Waals surface area contributed by atoms with Crippen molar-refractivity contribution in [2.24, 2.45) is 4.99 Å². The smallest absolute Gasteiger partial charge is 0.341 e. The van der Waals surface area contributed by atoms with E-state index < -0.39 is 23.1 Å². The maximum atomic E-state index is 15.3. The van der Waals surface area contributed by atoms with Crippen molar-refractivity contribution < 1.29 is 19.1 Å². The molecule has 0 bridgehead atoms. The number of ketones is 1. The summed E-state index contributed by atoms with van der Waals surface area (Å²) in [5.41, 5.74) is 0.947. The summed E-state index contributed by atoms with van der Waals surface area (Å²) in [5, 5.41) is 10.4. The van der Waals surface area contributed by atoms with Crippen LogP contribution in [0.3, 0.4) is 0 Å². The van der Waals surface area contributed by atoms with Gasteiger partial charge in [-0.05, 0) is 37.0 Å². The van der Waals surface area contributed by atoms with Crippen molar-refractivity contribution in [3.63, 3.8) is 0 Å². The van der Waals surface area contributed by atoms with Crippen molar-refractivity contribution in [2.75, 3.05) is 29.4 Å². The summed E-state index contributed by atoms with van der Waals surface area (Å²) in [7, 11) is 0. The van der Waals surface area contributed by atoms with E-state index in [2.05, 4.69) is 4.99 Å². The summed E-state index contributed by atoms with van der Waals surface area (Å²) in [6, 6.07) is 8.49. The molecule has 0 saturated carbocycles. The molecule has 1 fully saturated rings. The van der Waals surface area contributed by atoms with Gasteiger partial charge >= 0.3 is 5.97 Å². The summed E-state index contributed by atoms with van der Waals surface area (Å²) >= 11 is 6.72. The van der Waals surface area contributed by atoms with Gasteiger partial charge in [0.05, 0.1) is 22.9 Å². The van der Waals surface area contributed by atoms with Crippen LogP contribution in [-0.2, 0) is 4.79 Å². The molecule has 170 valence electrons. The summed E-state index contributed by atoms with van der Waals surface area (Å²) in [6.45, 7) is 3.05. The van der Waals surface area contributed by atoms with Crippen molar-refractivity contribution in [1.29, 1.82) is 0 Å². The van der Waals surface area contributed by atoms with E-state index in [4.69, 9.17) is 11.6 Å². The Kier molecular flexibility index (Phi) is 5.24. The lowest BCUT2D eigenvalue weighted by molar-refractivity contribution is -0.140. The molecule has 1 saturated heterocycles. The van der Waals surface area contributed by atoms with Gasteiger partial charge in [-0.2, -0.15) is 0 Å². The minimum Gasteiger partial charge on any atom is -0.479 e. The Morgan fingerprint density at radius 1 is 1.24 bits per heavy atom. The van der Waals surface area contributed by atoms with Gasteiger partial charge in [0.15, 0.2) is 0 Å². The second kappa shape index (κ2) is 7.99. The average Bonchev–Trinajstić information content (AvgIpc) is 3.49. The van der Waals surface area contributed by atoms with Crippen molar-refractivity contribution in [3.8, 4) is 0 Å². The Bertz CT molecular complexity index is 1240. The first-order valence-electron chi connectivity index (χ1n) is 11.0. The summed E-state index contributed by atoms with van der Waals surface area (Å²) in [6.07, 6.45) is 5.87. The number of fused-ring (bicyclic) bond motifs is 1. The monoisotopic (exact) mass is 467 g/mol. The number of aliphatic carboxylic acids is 1. The first-order valence-corrected chi connectivity index (χ1v) is 11.3. The van der Waals surface area contributed by atoms with Crippen LogP contribution < -0.4 is 9.80 Å². The highest BCUT2D eigenvalue weighted by Gasteiger charge is 2.54. The number of aryl methyl sites for hydroxylation is 1. The Morgan fingerprint density at radius 3 is 2.58 bits per heavy atom. The maximum Gasteiger partial charge on any atom is 0.341 e. The molecule has 2 aromatic carbocycles. The third-order valence-electron chi connectivity index (χ3n) is 6.57. The predicted molar refractivity (Wildman–Crippen MR) is 126 cm³/mol. The van der Waals surface area contributed by atoms with Gasteiger partial charge in [0, 0.05) is 37.0 Å². The van der Waals surface area contributed by atoms with Crippen molar-refractivity contribution in [1.82, 2.24) is 0 Å². The first kappa shape index (κ1) is 21.6. The molecule has 1 atom stereocenters. The second-order valence-corrected chi connectivity index (χ2v) is 9.08. The number of benzene rings is 2. The lowest BCUT2D eigenvalue weighted by Crippen LogP contribution is -2.56. The number of nitrogens with zero attached hydrogens (tertiary/aromatic N) is 3. The summed E-state index contributed by atoms with van der Waals surface area (Å²) in [5.74, 6) is -2.77. The Hall–Kier alpha value is -3.19. The van der Waals surface area contributed by atoms with Gasteiger partial charge < -0.3 is 14.9 Å². The molecule has 6 nitrogen and oxygen atoms in total. The number of carboxylic acid groups (broad SMARTS) is 1. The maximum absolute atomic E-state index is 15.3. The van der Waals surface area contributed by atoms with E-state index in [9.17, 15) is 14.7 Å². The number of carbonyl (C=O) groups is 2. The van der Waals surface area contributed by atoms with Crippen LogP contribution in [0.15, 0.2) is 47.1 Å². The Balaban J connectivity index is 1.66. The minimum atomic E-state index is -2.11. The summed E-state index contributed by atoms with van der Waals surface area (Å²) < 4.78 is 15.3. The Morgan fingerprint density at radius 2 is 1.94 bits per heavy atom. The first-order chi connectivity index (χ1) is 15.8. The molecule has 5 rings (SSSR count). The van der Waals surface area contributed by atoms with Crippen LogP contribution in [0.4, 0.5) is 15.8 Å². The molecule has 0 radical (unpaired) electrons. The lowest BCUT2D eigenvalue weighted by atomic mass is 9.83. The van der Waals surface area contributed by atoms with Crippen LogP contribution in [0.1, 0.15) is 40.7 Å². The van der Waals surface area contributed by atoms with E-state index in [-0.39, 0.29) is 22.8 Å². The molecule has 2 aliphatic heterocycles. The topological polar surface area (TPSA) is 73.2 Å². The molecule has 8 heteroatoms. The van der Waals surface area contributed by atoms with Gasteiger partial charge in [-0.1, -0.05) is 41.9 Å². The molecule has 0 spiro atoms. The molecule has 3 aliphatic rings. The zero-order valence-electron chi connectivity index (χ0n) is 18.1. The molecule has 1 aliphatic carbocycles. The predicted octanol–water partition coefficient (Wildman–Crippen LogP) is 4.62. The normalized spacial score (nSPS) is 22.0. The van der Waals surface area contributed by atoms with Gasteiger partial charge in [0.2, 0.25) is 11.3 Å². The van der Waals surface area contributed by atoms with E-state index in [0.29, 0.717) is 30.8 Å². The van der Waals surface area contributed by atoms with E-state index in [0.717, 1.165) is 30.2 Å². The molecule has 2 heterocycles. The van der Waals surface area contributed by atoms with Crippen LogP contribution in [0.2, 0.25) is 5.02 Å². The molecule has 33 heavy (non-hydrogen) atoms. The van der Waals surface area contributed by atoms with E-state index in [1.807, 2.05) is 36.1 Å². The average molecular weight is 468 g/mol. The van der Waals surface area contributed by atoms with Crippen LogP contribution in [0.25, 0.3) is 0 Å². The van der Waals surface area contributed by atoms with Crippen molar-refractivity contribution in [2.45, 2.75) is 31.7 Å². The molecule has 0 aromatic heterocycles. The van der Waals surface area contributed by atoms with E-state index >= 15 is 4.39 Å². The van der Waals surface area contributed by atoms with Crippen molar-refractivity contribution in [3.05, 3.63) is 69.6 Å². The number of allylic oxidation sites excluding steroid dienone is 2. The van der Waals surface area contributed by atoms with Gasteiger partial charge in [0.25, 0.3) is 0 Å². The third-order valence-corrected chi connectivity index (χ3v) is 6.93. The number of hydrogen-bond acceptors (Lipinski definition) is 5. The van der Waals surface area contributed by atoms with Gasteiger partial charge in [-0.25, -0.2) is 9.18 Å². The van der Waals surface area contributed by atoms with Gasteiger partial charge in [-0.3, -0.25) is 9.79 Å². The number of aliphatic imine (C=N–C) groups is 1. The molecular weight excluding hydrogens is 445 g/mol. The van der Waals surface area contributed by atoms with Crippen LogP contribution in [-0.4, -0.2) is 48.2 Å². The zero-order valence-corrected chi connectivity index (χ0v) is 18.9. The highest BCUT2D eigenvalue weighted by molar-refractivity contribution is 6.38. The number of carbonyl (C=O) groups excluding carboxylic acids is 1. The van der Waals surface area contributed by atoms with Crippen LogP contribution >= 0.6 is 11.6 Å². The third kappa shape index (κ3) is 3.51. The highest BCUT2D eigenvalue weighted by Crippen LogP contribution is 2.48. The molecule has 2 aromatic rings. The summed E-state index contributed by atoms with van der Waals surface area (Å²) in [4.78, 5) is 34.1. The number of Topliss-reactive ketones (excluding diaryl/α,β-unsaturated/α-hetero) is 1. The number of hydrogen-bond donors (Lipinski definition) is 1. The second-order valence-electron chi connectivity index (χ2n) is 8.71. The fourth-order valence-corrected chi connectivity index (χ4v) is 5.02. The minimum absolute atomic E-state index is 0.0520. The van der Waals surface area contributed by atoms with Gasteiger partial charge in [-0.15, -0.1) is 0 Å². The molecule has 1 N–H and O–H groups in total. The number of carboxylic acids is 1. The largest absolute Gasteiger partial charge is 0.479 e. The molecule has 1 unspecified atom stereocenters. The van der Waals surface area contributed by atoms with Gasteiger partial charge in [0.1, 0.15) is 5.82 Å². The highest BCUT2D eigenvalue weighted by atomic mass is 35.5. The van der Waals surface area contributed by atoms with Crippen LogP contribution in [0.5, 0.6) is 0 Å². The van der Waals surface area contributed by atoms with E-state index in [1.54, 1.807) is 11.0 Å². The SMILES string of the molecule is Cc1ccccc1C=NC1(C(=O)O)CN(C2=CC2)c2c(cc(F)c(N3CCCC3)c2Cl)C1=O. The standard InChI is InChI=1S/C25H23ClFN3O3/c1-15-6-2-3-7-16(15)13-28-25(24(32)33)14-30(17-8-9-17)21-18(23(25)31)12-19(27)22(20(21)26)29-10-4-5-11-29/h2-3,6-8,12-13H,4-5,9-11,14H2,1H3,(H,32,33). The number of rotatable bonds is 5. The number of anilines is 2. The molecular formula is C25H23ClFN3O3. The number of halogens is 2.